The van der Waals surface area contributed by atoms with Gasteiger partial charge in [-0.25, -0.2) is 9.59 Å². The third-order valence-electron chi connectivity index (χ3n) is 2.14. The summed E-state index contributed by atoms with van der Waals surface area (Å²) in [5, 5.41) is 11.3. The number of hydrogen-bond donors (Lipinski definition) is 1. The molecular formula is C10H13NO5. The van der Waals surface area contributed by atoms with Crippen LogP contribution in [0.3, 0.4) is 0 Å². The lowest BCUT2D eigenvalue weighted by Gasteiger charge is -2.17. The molecule has 0 unspecified atom stereocenters. The van der Waals surface area contributed by atoms with E-state index in [0.29, 0.717) is 0 Å². The number of carbonyl (C=O) groups excluding carboxylic acids is 2. The van der Waals surface area contributed by atoms with Crippen molar-refractivity contribution in [3.05, 3.63) is 11.1 Å². The Kier molecular flexibility index (Phi) is 3.31. The highest BCUT2D eigenvalue weighted by atomic mass is 16.6. The molecule has 1 aliphatic heterocycles. The zero-order chi connectivity index (χ0) is 12.3. The second-order valence-electron chi connectivity index (χ2n) is 3.65. The predicted molar refractivity (Wildman–Crippen MR) is 54.1 cm³/mol. The molecule has 0 atom stereocenters. The average Bonchev–Trinajstić information content (AvgIpc) is 2.37. The Balaban J connectivity index is 3.21. The Morgan fingerprint density at radius 3 is 2.75 bits per heavy atom. The van der Waals surface area contributed by atoms with E-state index in [0.717, 1.165) is 6.21 Å². The molecule has 1 aliphatic rings. The standard InChI is InChI=1S/C10H13NO5/c1-4-15-8(12)7-6(5-11-14)10(2,3)16-9(7)13/h5,14H,4H2,1-3H3/b11-5-. The van der Waals surface area contributed by atoms with Crippen LogP contribution in [0.4, 0.5) is 0 Å². The van der Waals surface area contributed by atoms with E-state index >= 15 is 0 Å². The van der Waals surface area contributed by atoms with E-state index in [1.54, 1.807) is 20.8 Å². The summed E-state index contributed by atoms with van der Waals surface area (Å²) in [7, 11) is 0. The highest BCUT2D eigenvalue weighted by Crippen LogP contribution is 2.31. The molecule has 0 saturated carbocycles. The molecule has 6 nitrogen and oxygen atoms in total. The summed E-state index contributed by atoms with van der Waals surface area (Å²) in [5.41, 5.74) is -1.01. The van der Waals surface area contributed by atoms with Gasteiger partial charge in [0.25, 0.3) is 0 Å². The Bertz CT molecular complexity index is 381. The van der Waals surface area contributed by atoms with Crippen LogP contribution >= 0.6 is 0 Å². The Morgan fingerprint density at radius 1 is 1.62 bits per heavy atom. The lowest BCUT2D eigenvalue weighted by atomic mass is 9.97. The van der Waals surface area contributed by atoms with Crippen LogP contribution in [0.15, 0.2) is 16.3 Å². The van der Waals surface area contributed by atoms with E-state index in [2.05, 4.69) is 5.16 Å². The highest BCUT2D eigenvalue weighted by molar-refractivity contribution is 6.20. The molecule has 1 N–H and O–H groups in total. The molecule has 6 heteroatoms. The maximum absolute atomic E-state index is 11.5. The largest absolute Gasteiger partial charge is 0.462 e. The summed E-state index contributed by atoms with van der Waals surface area (Å²) in [6.45, 7) is 4.96. The molecule has 0 aromatic carbocycles. The number of cyclic esters (lactones) is 1. The Morgan fingerprint density at radius 2 is 2.25 bits per heavy atom. The first-order valence-corrected chi connectivity index (χ1v) is 4.76. The van der Waals surface area contributed by atoms with Gasteiger partial charge in [-0.3, -0.25) is 0 Å². The van der Waals surface area contributed by atoms with Crippen LogP contribution in [-0.2, 0) is 19.1 Å². The molecule has 0 bridgehead atoms. The van der Waals surface area contributed by atoms with Gasteiger partial charge in [-0.05, 0) is 20.8 Å². The molecule has 0 aliphatic carbocycles. The molecule has 16 heavy (non-hydrogen) atoms. The minimum absolute atomic E-state index is 0.152. The van der Waals surface area contributed by atoms with E-state index in [-0.39, 0.29) is 17.8 Å². The molecule has 1 heterocycles. The van der Waals surface area contributed by atoms with Crippen molar-refractivity contribution < 1.29 is 24.3 Å². The molecule has 0 spiro atoms. The van der Waals surface area contributed by atoms with E-state index in [9.17, 15) is 9.59 Å². The van der Waals surface area contributed by atoms with Gasteiger partial charge in [-0.2, -0.15) is 0 Å². The summed E-state index contributed by atoms with van der Waals surface area (Å²) >= 11 is 0. The van der Waals surface area contributed by atoms with Gasteiger partial charge >= 0.3 is 11.9 Å². The lowest BCUT2D eigenvalue weighted by Crippen LogP contribution is -2.23. The predicted octanol–water partition coefficient (Wildman–Crippen LogP) is 0.641. The van der Waals surface area contributed by atoms with Crippen molar-refractivity contribution in [1.29, 1.82) is 0 Å². The molecule has 88 valence electrons. The van der Waals surface area contributed by atoms with Gasteiger partial charge in [0.2, 0.25) is 0 Å². The molecular weight excluding hydrogens is 214 g/mol. The van der Waals surface area contributed by atoms with Crippen LogP contribution in [0, 0.1) is 0 Å². The molecule has 0 amide bonds. The van der Waals surface area contributed by atoms with Crippen molar-refractivity contribution in [1.82, 2.24) is 0 Å². The van der Waals surface area contributed by atoms with Gasteiger partial charge in [-0.1, -0.05) is 5.16 Å². The topological polar surface area (TPSA) is 85.2 Å². The number of ether oxygens (including phenoxy) is 2. The maximum Gasteiger partial charge on any atom is 0.346 e. The highest BCUT2D eigenvalue weighted by Gasteiger charge is 2.43. The van der Waals surface area contributed by atoms with E-state index < -0.39 is 17.5 Å². The molecule has 0 saturated heterocycles. The van der Waals surface area contributed by atoms with Gasteiger partial charge < -0.3 is 14.7 Å². The zero-order valence-corrected chi connectivity index (χ0v) is 9.31. The third-order valence-corrected chi connectivity index (χ3v) is 2.14. The third kappa shape index (κ3) is 2.05. The van der Waals surface area contributed by atoms with Gasteiger partial charge in [0.1, 0.15) is 5.60 Å². The zero-order valence-electron chi connectivity index (χ0n) is 9.31. The number of nitrogens with zero attached hydrogens (tertiary/aromatic N) is 1. The Labute approximate surface area is 92.5 Å². The van der Waals surface area contributed by atoms with Gasteiger partial charge in [0.05, 0.1) is 12.8 Å². The van der Waals surface area contributed by atoms with Gasteiger partial charge in [-0.15, -0.1) is 0 Å². The fourth-order valence-corrected chi connectivity index (χ4v) is 1.42. The quantitative estimate of drug-likeness (QED) is 0.251. The first-order chi connectivity index (χ1) is 7.44. The summed E-state index contributed by atoms with van der Waals surface area (Å²) in [6.07, 6.45) is 1.01. The summed E-state index contributed by atoms with van der Waals surface area (Å²) in [4.78, 5) is 23.0. The van der Waals surface area contributed by atoms with Crippen LogP contribution in [0.1, 0.15) is 20.8 Å². The molecule has 1 rings (SSSR count). The van der Waals surface area contributed by atoms with Crippen molar-refractivity contribution in [3.63, 3.8) is 0 Å². The maximum atomic E-state index is 11.5. The van der Waals surface area contributed by atoms with Crippen LogP contribution in [0.25, 0.3) is 0 Å². The number of carbonyl (C=O) groups is 2. The first-order valence-electron chi connectivity index (χ1n) is 4.76. The summed E-state index contributed by atoms with van der Waals surface area (Å²) < 4.78 is 9.70. The molecule has 0 aromatic rings. The van der Waals surface area contributed by atoms with Crippen LogP contribution in [-0.4, -0.2) is 35.6 Å². The van der Waals surface area contributed by atoms with Crippen molar-refractivity contribution in [2.45, 2.75) is 26.4 Å². The Hall–Kier alpha value is -1.85. The SMILES string of the molecule is CCOC(=O)C1=C(/C=N\O)C(C)(C)OC1=O. The minimum atomic E-state index is -0.995. The van der Waals surface area contributed by atoms with E-state index in [4.69, 9.17) is 14.7 Å². The smallest absolute Gasteiger partial charge is 0.346 e. The van der Waals surface area contributed by atoms with Gasteiger partial charge in [0, 0.05) is 5.57 Å². The normalized spacial score (nSPS) is 19.1. The summed E-state index contributed by atoms with van der Waals surface area (Å²) in [6, 6.07) is 0. The number of oxime groups is 1. The first kappa shape index (κ1) is 12.2. The second-order valence-corrected chi connectivity index (χ2v) is 3.65. The number of hydrogen-bond acceptors (Lipinski definition) is 6. The monoisotopic (exact) mass is 227 g/mol. The van der Waals surface area contributed by atoms with E-state index in [1.165, 1.54) is 0 Å². The number of esters is 2. The number of rotatable bonds is 3. The van der Waals surface area contributed by atoms with Crippen molar-refractivity contribution in [2.75, 3.05) is 6.61 Å². The average molecular weight is 227 g/mol. The fraction of sp³-hybridized carbons (Fsp3) is 0.500. The van der Waals surface area contributed by atoms with Crippen molar-refractivity contribution in [2.24, 2.45) is 5.16 Å². The second kappa shape index (κ2) is 4.34. The van der Waals surface area contributed by atoms with Crippen LogP contribution in [0.5, 0.6) is 0 Å². The van der Waals surface area contributed by atoms with Crippen molar-refractivity contribution in [3.8, 4) is 0 Å². The molecule has 0 aromatic heterocycles. The summed E-state index contributed by atoms with van der Waals surface area (Å²) in [5.74, 6) is -1.54. The van der Waals surface area contributed by atoms with Crippen molar-refractivity contribution >= 4 is 18.2 Å². The van der Waals surface area contributed by atoms with E-state index in [1.807, 2.05) is 0 Å². The van der Waals surface area contributed by atoms with Crippen LogP contribution < -0.4 is 0 Å². The minimum Gasteiger partial charge on any atom is -0.462 e. The molecule has 0 radical (unpaired) electrons. The fourth-order valence-electron chi connectivity index (χ4n) is 1.42. The van der Waals surface area contributed by atoms with Crippen LogP contribution in [0.2, 0.25) is 0 Å². The molecule has 0 fully saturated rings. The van der Waals surface area contributed by atoms with Gasteiger partial charge in [0.15, 0.2) is 5.57 Å². The lowest BCUT2D eigenvalue weighted by molar-refractivity contribution is -0.148.